The molecule has 0 aromatic heterocycles. The zero-order valence-corrected chi connectivity index (χ0v) is 24.6. The Labute approximate surface area is 166 Å². The van der Waals surface area contributed by atoms with E-state index in [9.17, 15) is 0 Å². The summed E-state index contributed by atoms with van der Waals surface area (Å²) in [5.74, 6) is 0.766. The summed E-state index contributed by atoms with van der Waals surface area (Å²) < 4.78 is 1.97. The quantitative estimate of drug-likeness (QED) is 0.339. The fourth-order valence-electron chi connectivity index (χ4n) is 5.25. The molecule has 3 heteroatoms. The molecule has 0 fully saturated rings. The number of rotatable bonds is 8. The van der Waals surface area contributed by atoms with Gasteiger partial charge in [-0.15, -0.1) is 0 Å². The normalized spacial score (nSPS) is 16.0. The molecule has 0 aromatic carbocycles. The third-order valence-electron chi connectivity index (χ3n) is 7.94. The summed E-state index contributed by atoms with van der Waals surface area (Å²) in [6, 6.07) is 0. The van der Waals surface area contributed by atoms with E-state index >= 15 is 0 Å². The van der Waals surface area contributed by atoms with Crippen LogP contribution in [0.2, 0.25) is 39.3 Å². The Morgan fingerprint density at radius 3 is 1.48 bits per heavy atom. The van der Waals surface area contributed by atoms with E-state index < -0.39 is 25.8 Å². The Bertz CT molecular complexity index is 469. The SMILES string of the molecule is CCCC(C)C(C)(C)C(C)(C)C(C)(C)[C](C)=[Ge]([Si](C)(C)C)[Si](C)(C)C. The summed E-state index contributed by atoms with van der Waals surface area (Å²) in [5.41, 5.74) is 0.959. The molecule has 25 heavy (non-hydrogen) atoms. The molecular formula is C22H50GeSi2. The first-order chi connectivity index (χ1) is 10.8. The Morgan fingerprint density at radius 1 is 0.840 bits per heavy atom. The zero-order chi connectivity index (χ0) is 20.6. The Kier molecular flexibility index (Phi) is 8.34. The molecule has 0 nitrogen and oxygen atoms in total. The molecule has 1 unspecified atom stereocenters. The van der Waals surface area contributed by atoms with Gasteiger partial charge in [-0.2, -0.15) is 0 Å². The summed E-state index contributed by atoms with van der Waals surface area (Å²) in [6.07, 6.45) is 2.64. The second-order valence-corrected chi connectivity index (χ2v) is 51.0. The predicted octanol–water partition coefficient (Wildman–Crippen LogP) is 7.60. The molecule has 0 rings (SSSR count). The average Bonchev–Trinajstić information content (AvgIpc) is 2.34. The van der Waals surface area contributed by atoms with E-state index in [1.165, 1.54) is 12.8 Å². The van der Waals surface area contributed by atoms with E-state index in [0.717, 1.165) is 5.92 Å². The van der Waals surface area contributed by atoms with Crippen LogP contribution < -0.4 is 0 Å². The third kappa shape index (κ3) is 5.22. The van der Waals surface area contributed by atoms with E-state index in [1.807, 2.05) is 4.35 Å². The van der Waals surface area contributed by atoms with Crippen molar-refractivity contribution in [2.45, 2.75) is 114 Å². The van der Waals surface area contributed by atoms with Crippen molar-refractivity contribution in [3.63, 3.8) is 0 Å². The molecule has 0 heterocycles. The molecule has 0 amide bonds. The van der Waals surface area contributed by atoms with Crippen LogP contribution in [0.1, 0.15) is 75.2 Å². The third-order valence-corrected chi connectivity index (χ3v) is 60.0. The van der Waals surface area contributed by atoms with E-state index in [-0.39, 0.29) is 0 Å². The minimum atomic E-state index is -1.20. The molecule has 1 atom stereocenters. The van der Waals surface area contributed by atoms with Crippen LogP contribution in [-0.2, 0) is 0 Å². The molecule has 0 bridgehead atoms. The van der Waals surface area contributed by atoms with Crippen LogP contribution in [0.15, 0.2) is 0 Å². The van der Waals surface area contributed by atoms with Crippen molar-refractivity contribution in [2.24, 2.45) is 22.2 Å². The average molecular weight is 443 g/mol. The van der Waals surface area contributed by atoms with Crippen molar-refractivity contribution in [3.05, 3.63) is 0 Å². The van der Waals surface area contributed by atoms with Crippen molar-refractivity contribution in [1.82, 2.24) is 0 Å². The van der Waals surface area contributed by atoms with Crippen molar-refractivity contribution in [2.75, 3.05) is 0 Å². The van der Waals surface area contributed by atoms with Gasteiger partial charge in [0.15, 0.2) is 0 Å². The summed E-state index contributed by atoms with van der Waals surface area (Å²) in [5, 5.41) is 0. The van der Waals surface area contributed by atoms with Gasteiger partial charge in [-0.05, 0) is 0 Å². The molecule has 0 radical (unpaired) electrons. The van der Waals surface area contributed by atoms with Crippen LogP contribution in [0.3, 0.4) is 0 Å². The van der Waals surface area contributed by atoms with E-state index in [0.29, 0.717) is 16.2 Å². The van der Waals surface area contributed by atoms with Crippen molar-refractivity contribution in [1.29, 1.82) is 0 Å². The molecule has 0 aliphatic rings. The first-order valence-electron chi connectivity index (χ1n) is 10.5. The molecule has 0 saturated carbocycles. The van der Waals surface area contributed by atoms with Gasteiger partial charge in [-0.3, -0.25) is 0 Å². The van der Waals surface area contributed by atoms with Crippen molar-refractivity contribution < 1.29 is 0 Å². The van der Waals surface area contributed by atoms with Crippen LogP contribution in [0.4, 0.5) is 0 Å². The van der Waals surface area contributed by atoms with Crippen molar-refractivity contribution in [3.8, 4) is 0 Å². The van der Waals surface area contributed by atoms with Gasteiger partial charge in [0.05, 0.1) is 0 Å². The first kappa shape index (κ1) is 25.8. The Balaban J connectivity index is 6.48. The molecule has 0 aromatic rings. The molecule has 0 aliphatic heterocycles. The van der Waals surface area contributed by atoms with E-state index in [1.54, 1.807) is 0 Å². The fourth-order valence-corrected chi connectivity index (χ4v) is 78.4. The van der Waals surface area contributed by atoms with Crippen LogP contribution in [-0.4, -0.2) is 30.1 Å². The molecule has 0 aliphatic carbocycles. The molecule has 0 saturated heterocycles. The Morgan fingerprint density at radius 2 is 1.20 bits per heavy atom. The van der Waals surface area contributed by atoms with Crippen LogP contribution in [0, 0.1) is 22.2 Å². The predicted molar refractivity (Wildman–Crippen MR) is 129 cm³/mol. The Hall–Kier alpha value is 0.847. The van der Waals surface area contributed by atoms with Gasteiger partial charge in [-0.1, -0.05) is 0 Å². The van der Waals surface area contributed by atoms with Gasteiger partial charge in [-0.25, -0.2) is 0 Å². The molecular weight excluding hydrogens is 393 g/mol. The van der Waals surface area contributed by atoms with Gasteiger partial charge < -0.3 is 0 Å². The van der Waals surface area contributed by atoms with Gasteiger partial charge in [0.1, 0.15) is 0 Å². The van der Waals surface area contributed by atoms with Crippen LogP contribution >= 0.6 is 0 Å². The zero-order valence-electron chi connectivity index (χ0n) is 20.5. The van der Waals surface area contributed by atoms with E-state index in [4.69, 9.17) is 0 Å². The van der Waals surface area contributed by atoms with Gasteiger partial charge in [0.25, 0.3) is 0 Å². The molecule has 0 spiro atoms. The maximum atomic E-state index is 2.66. The standard InChI is InChI=1S/C22H50GeSi2/c1-16-17-18(2)20(4,5)22(8,9)21(6,7)19(3)23(24(10,11)12)25(13,14)15/h18H,16-17H2,1-15H3. The maximum absolute atomic E-state index is 2.66. The first-order valence-corrected chi connectivity index (χ1v) is 24.8. The fraction of sp³-hybridized carbons (Fsp3) is 0.955. The summed E-state index contributed by atoms with van der Waals surface area (Å²) >= 11 is -1.20. The second-order valence-electron chi connectivity index (χ2n) is 12.2. The number of hydrogen-bond donors (Lipinski definition) is 0. The van der Waals surface area contributed by atoms with Crippen LogP contribution in [0.5, 0.6) is 0 Å². The topological polar surface area (TPSA) is 0 Å². The summed E-state index contributed by atoms with van der Waals surface area (Å²) in [4.78, 5) is 0. The van der Waals surface area contributed by atoms with Gasteiger partial charge in [0.2, 0.25) is 0 Å². The summed E-state index contributed by atoms with van der Waals surface area (Å²) in [7, 11) is 0. The number of hydrogen-bond acceptors (Lipinski definition) is 0. The van der Waals surface area contributed by atoms with Gasteiger partial charge >= 0.3 is 167 Å². The van der Waals surface area contributed by atoms with E-state index in [2.05, 4.69) is 102 Å². The van der Waals surface area contributed by atoms with Crippen LogP contribution in [0.25, 0.3) is 0 Å². The molecule has 150 valence electrons. The van der Waals surface area contributed by atoms with Gasteiger partial charge in [0, 0.05) is 0 Å². The second kappa shape index (κ2) is 8.07. The monoisotopic (exact) mass is 444 g/mol. The molecule has 0 N–H and O–H groups in total. The van der Waals surface area contributed by atoms with Crippen molar-refractivity contribution >= 4 is 30.1 Å². The summed E-state index contributed by atoms with van der Waals surface area (Å²) in [6.45, 7) is 36.7. The minimum absolute atomic E-state index is 0.302.